The Labute approximate surface area is 217 Å². The summed E-state index contributed by atoms with van der Waals surface area (Å²) in [4.78, 5) is 14.0. The smallest absolute Gasteiger partial charge is 0.408 e. The zero-order valence-corrected chi connectivity index (χ0v) is 22.6. The van der Waals surface area contributed by atoms with Gasteiger partial charge >= 0.3 is 6.09 Å². The average Bonchev–Trinajstić information content (AvgIpc) is 2.76. The van der Waals surface area contributed by atoms with Gasteiger partial charge in [-0.3, -0.25) is 0 Å². The maximum absolute atomic E-state index is 12.4. The van der Waals surface area contributed by atoms with Crippen LogP contribution in [0.25, 0.3) is 0 Å². The molecule has 9 heteroatoms. The first-order valence-electron chi connectivity index (χ1n) is 11.5. The third kappa shape index (κ3) is 9.44. The Morgan fingerprint density at radius 3 is 2.49 bits per heavy atom. The normalized spacial score (nSPS) is 13.2. The van der Waals surface area contributed by atoms with E-state index in [1.165, 1.54) is 11.8 Å². The Morgan fingerprint density at radius 1 is 1.14 bits per heavy atom. The van der Waals surface area contributed by atoms with Crippen LogP contribution in [0.3, 0.4) is 0 Å². The Balaban J connectivity index is 2.14. The molecule has 2 aromatic carbocycles. The SMILES string of the molecule is CCC[C@@](CO)(CCc1ccc(Sc2cc(O)ccc2OCOC)cc1Cl)NC(=O)OC(C)(C)C. The zero-order valence-electron chi connectivity index (χ0n) is 21.0. The van der Waals surface area contributed by atoms with Crippen molar-refractivity contribution in [3.8, 4) is 11.5 Å². The van der Waals surface area contributed by atoms with Crippen LogP contribution in [0.4, 0.5) is 4.79 Å². The number of alkyl carbamates (subject to hydrolysis) is 1. The number of aryl methyl sites for hydroxylation is 1. The summed E-state index contributed by atoms with van der Waals surface area (Å²) in [5.41, 5.74) is -0.524. The molecule has 0 aliphatic carbocycles. The van der Waals surface area contributed by atoms with Crippen molar-refractivity contribution in [2.24, 2.45) is 0 Å². The van der Waals surface area contributed by atoms with Gasteiger partial charge in [-0.1, -0.05) is 42.8 Å². The van der Waals surface area contributed by atoms with Gasteiger partial charge in [0.05, 0.1) is 17.0 Å². The Morgan fingerprint density at radius 2 is 1.89 bits per heavy atom. The highest BCUT2D eigenvalue weighted by Gasteiger charge is 2.32. The molecule has 2 rings (SSSR count). The van der Waals surface area contributed by atoms with Gasteiger partial charge in [0.2, 0.25) is 0 Å². The molecule has 7 nitrogen and oxygen atoms in total. The maximum atomic E-state index is 12.4. The lowest BCUT2D eigenvalue weighted by Gasteiger charge is -2.34. The van der Waals surface area contributed by atoms with Crippen LogP contribution >= 0.6 is 23.4 Å². The summed E-state index contributed by atoms with van der Waals surface area (Å²) in [6, 6.07) is 10.6. The van der Waals surface area contributed by atoms with Crippen LogP contribution in [0.15, 0.2) is 46.2 Å². The number of phenolic OH excluding ortho intramolecular Hbond substituents is 1. The van der Waals surface area contributed by atoms with E-state index in [2.05, 4.69) is 5.32 Å². The van der Waals surface area contributed by atoms with Crippen LogP contribution in [0.2, 0.25) is 5.02 Å². The Kier molecular flexibility index (Phi) is 11.0. The van der Waals surface area contributed by atoms with Crippen molar-refractivity contribution in [2.45, 2.75) is 74.3 Å². The molecule has 0 aromatic heterocycles. The number of amides is 1. The molecule has 3 N–H and O–H groups in total. The van der Waals surface area contributed by atoms with Crippen LogP contribution in [-0.4, -0.2) is 48.0 Å². The van der Waals surface area contributed by atoms with E-state index in [9.17, 15) is 15.0 Å². The number of halogens is 1. The lowest BCUT2D eigenvalue weighted by molar-refractivity contribution is 0.0373. The second kappa shape index (κ2) is 13.3. The lowest BCUT2D eigenvalue weighted by Crippen LogP contribution is -2.53. The summed E-state index contributed by atoms with van der Waals surface area (Å²) in [6.07, 6.45) is 1.92. The number of rotatable bonds is 12. The Hall–Kier alpha value is -2.13. The number of aliphatic hydroxyl groups excluding tert-OH is 1. The first kappa shape index (κ1) is 29.1. The van der Waals surface area contributed by atoms with Crippen molar-refractivity contribution >= 4 is 29.5 Å². The molecule has 0 aliphatic rings. The number of aliphatic hydroxyl groups is 1. The molecule has 0 aliphatic heterocycles. The number of benzene rings is 2. The van der Waals surface area contributed by atoms with Crippen LogP contribution in [0.1, 0.15) is 52.5 Å². The number of methoxy groups -OCH3 is 1. The van der Waals surface area contributed by atoms with Crippen molar-refractivity contribution in [2.75, 3.05) is 20.5 Å². The Bertz CT molecular complexity index is 981. The van der Waals surface area contributed by atoms with E-state index in [0.717, 1.165) is 21.8 Å². The number of carbonyl (C=O) groups is 1. The maximum Gasteiger partial charge on any atom is 0.408 e. The van der Waals surface area contributed by atoms with Gasteiger partial charge in [0.25, 0.3) is 0 Å². The summed E-state index contributed by atoms with van der Waals surface area (Å²) in [5, 5.41) is 23.5. The van der Waals surface area contributed by atoms with E-state index in [1.54, 1.807) is 46.1 Å². The molecule has 0 saturated carbocycles. The summed E-state index contributed by atoms with van der Waals surface area (Å²) in [5.74, 6) is 0.726. The molecular formula is C26H36ClNO6S. The molecule has 1 atom stereocenters. The summed E-state index contributed by atoms with van der Waals surface area (Å²) < 4.78 is 16.0. The molecule has 1 amide bonds. The number of carbonyl (C=O) groups excluding carboxylic acids is 1. The molecule has 35 heavy (non-hydrogen) atoms. The highest BCUT2D eigenvalue weighted by atomic mass is 35.5. The van der Waals surface area contributed by atoms with E-state index in [1.807, 2.05) is 25.1 Å². The quantitative estimate of drug-likeness (QED) is 0.285. The van der Waals surface area contributed by atoms with Gasteiger partial charge in [-0.25, -0.2) is 4.79 Å². The van der Waals surface area contributed by atoms with Gasteiger partial charge in [0.15, 0.2) is 6.79 Å². The van der Waals surface area contributed by atoms with Gasteiger partial charge in [0.1, 0.15) is 17.1 Å². The minimum atomic E-state index is -0.803. The minimum Gasteiger partial charge on any atom is -0.508 e. The molecule has 0 saturated heterocycles. The summed E-state index contributed by atoms with van der Waals surface area (Å²) in [6.45, 7) is 7.31. The van der Waals surface area contributed by atoms with E-state index < -0.39 is 17.2 Å². The molecule has 0 heterocycles. The minimum absolute atomic E-state index is 0.0970. The number of nitrogens with one attached hydrogen (secondary N) is 1. The van der Waals surface area contributed by atoms with Crippen molar-refractivity contribution in [3.05, 3.63) is 47.0 Å². The molecule has 194 valence electrons. The molecule has 0 fully saturated rings. The molecule has 0 spiro atoms. The number of hydrogen-bond donors (Lipinski definition) is 3. The van der Waals surface area contributed by atoms with E-state index >= 15 is 0 Å². The van der Waals surface area contributed by atoms with Gasteiger partial charge in [-0.15, -0.1) is 0 Å². The number of phenols is 1. The summed E-state index contributed by atoms with van der Waals surface area (Å²) in [7, 11) is 1.54. The molecular weight excluding hydrogens is 490 g/mol. The van der Waals surface area contributed by atoms with E-state index in [-0.39, 0.29) is 19.1 Å². The highest BCUT2D eigenvalue weighted by molar-refractivity contribution is 7.99. The third-order valence-corrected chi connectivity index (χ3v) is 6.56. The number of aromatic hydroxyl groups is 1. The van der Waals surface area contributed by atoms with Gasteiger partial charge in [-0.05, 0) is 75.9 Å². The standard InChI is InChI=1S/C26H36ClNO6S/c1-6-12-26(16-29,28-24(31)34-25(2,3)4)13-11-18-7-9-20(15-21(18)27)35-23-14-19(30)8-10-22(23)33-17-32-5/h7-10,14-15,29-30H,6,11-13,16-17H2,1-5H3,(H,28,31)/t26-/m0/s1. The van der Waals surface area contributed by atoms with Gasteiger partial charge in [0, 0.05) is 17.0 Å². The number of ether oxygens (including phenoxy) is 3. The zero-order chi connectivity index (χ0) is 26.1. The van der Waals surface area contributed by atoms with E-state index in [4.69, 9.17) is 25.8 Å². The van der Waals surface area contributed by atoms with Crippen molar-refractivity contribution in [1.82, 2.24) is 5.32 Å². The fourth-order valence-electron chi connectivity index (χ4n) is 3.56. The predicted molar refractivity (Wildman–Crippen MR) is 139 cm³/mol. The highest BCUT2D eigenvalue weighted by Crippen LogP contribution is 2.39. The van der Waals surface area contributed by atoms with Crippen molar-refractivity contribution < 1.29 is 29.2 Å². The predicted octanol–water partition coefficient (Wildman–Crippen LogP) is 6.17. The largest absolute Gasteiger partial charge is 0.508 e. The second-order valence-electron chi connectivity index (χ2n) is 9.35. The monoisotopic (exact) mass is 525 g/mol. The van der Waals surface area contributed by atoms with Crippen molar-refractivity contribution in [3.63, 3.8) is 0 Å². The summed E-state index contributed by atoms with van der Waals surface area (Å²) >= 11 is 8.02. The van der Waals surface area contributed by atoms with Crippen molar-refractivity contribution in [1.29, 1.82) is 0 Å². The van der Waals surface area contributed by atoms with Crippen LogP contribution < -0.4 is 10.1 Å². The second-order valence-corrected chi connectivity index (χ2v) is 10.9. The fourth-order valence-corrected chi connectivity index (χ4v) is 4.87. The van der Waals surface area contributed by atoms with E-state index in [0.29, 0.717) is 30.0 Å². The fraction of sp³-hybridized carbons (Fsp3) is 0.500. The molecule has 0 unspecified atom stereocenters. The van der Waals surface area contributed by atoms with Crippen LogP contribution in [0, 0.1) is 0 Å². The first-order valence-corrected chi connectivity index (χ1v) is 12.7. The average molecular weight is 526 g/mol. The first-order chi connectivity index (χ1) is 16.5. The topological polar surface area (TPSA) is 97.3 Å². The lowest BCUT2D eigenvalue weighted by atomic mass is 9.87. The van der Waals surface area contributed by atoms with Crippen LogP contribution in [-0.2, 0) is 15.9 Å². The third-order valence-electron chi connectivity index (χ3n) is 5.18. The van der Waals surface area contributed by atoms with Crippen LogP contribution in [0.5, 0.6) is 11.5 Å². The van der Waals surface area contributed by atoms with Gasteiger partial charge < -0.3 is 29.7 Å². The number of hydrogen-bond acceptors (Lipinski definition) is 7. The van der Waals surface area contributed by atoms with Gasteiger partial charge in [-0.2, -0.15) is 0 Å². The molecule has 0 bridgehead atoms. The molecule has 2 aromatic rings. The molecule has 0 radical (unpaired) electrons.